The molecule has 3 nitrogen and oxygen atoms in total. The third-order valence-electron chi connectivity index (χ3n) is 2.96. The summed E-state index contributed by atoms with van der Waals surface area (Å²) >= 11 is 3.53. The Kier molecular flexibility index (Phi) is 5.02. The Labute approximate surface area is 121 Å². The molecule has 0 saturated carbocycles. The number of ether oxygens (including phenoxy) is 2. The minimum atomic E-state index is -0.298. The second-order valence-electron chi connectivity index (χ2n) is 4.37. The topological polar surface area (TPSA) is 35.5 Å². The van der Waals surface area contributed by atoms with Crippen LogP contribution in [0.25, 0.3) is 0 Å². The van der Waals surface area contributed by atoms with Gasteiger partial charge in [-0.25, -0.2) is 4.79 Å². The molecule has 1 aromatic rings. The Morgan fingerprint density at radius 3 is 2.74 bits per heavy atom. The highest BCUT2D eigenvalue weighted by Crippen LogP contribution is 2.27. The largest absolute Gasteiger partial charge is 0.485 e. The van der Waals surface area contributed by atoms with Crippen molar-refractivity contribution in [2.45, 2.75) is 32.3 Å². The molecule has 1 aliphatic carbocycles. The van der Waals surface area contributed by atoms with Crippen molar-refractivity contribution in [1.82, 2.24) is 0 Å². The average Bonchev–Trinajstić information content (AvgIpc) is 2.42. The maximum Gasteiger partial charge on any atom is 0.338 e. The lowest BCUT2D eigenvalue weighted by Gasteiger charge is -2.22. The van der Waals surface area contributed by atoms with Crippen molar-refractivity contribution in [2.75, 3.05) is 6.61 Å². The molecule has 102 valence electrons. The number of hydrogen-bond donors (Lipinski definition) is 0. The van der Waals surface area contributed by atoms with E-state index in [1.165, 1.54) is 0 Å². The average molecular weight is 325 g/mol. The fourth-order valence-electron chi connectivity index (χ4n) is 1.98. The van der Waals surface area contributed by atoms with Crippen LogP contribution in [0, 0.1) is 0 Å². The first-order valence-corrected chi connectivity index (χ1v) is 7.29. The van der Waals surface area contributed by atoms with Crippen LogP contribution in [0.1, 0.15) is 36.5 Å². The molecule has 0 spiro atoms. The second kappa shape index (κ2) is 6.75. The summed E-state index contributed by atoms with van der Waals surface area (Å²) in [6.45, 7) is 2.18. The lowest BCUT2D eigenvalue weighted by Crippen LogP contribution is -2.19. The number of benzene rings is 1. The van der Waals surface area contributed by atoms with E-state index in [-0.39, 0.29) is 12.1 Å². The maximum atomic E-state index is 11.5. The van der Waals surface area contributed by atoms with Gasteiger partial charge >= 0.3 is 5.97 Å². The van der Waals surface area contributed by atoms with Gasteiger partial charge in [-0.15, -0.1) is 0 Å². The van der Waals surface area contributed by atoms with Crippen LogP contribution in [0.5, 0.6) is 5.75 Å². The van der Waals surface area contributed by atoms with Crippen molar-refractivity contribution < 1.29 is 14.3 Å². The molecule has 19 heavy (non-hydrogen) atoms. The van der Waals surface area contributed by atoms with Crippen LogP contribution < -0.4 is 4.74 Å². The zero-order valence-corrected chi connectivity index (χ0v) is 12.5. The Hall–Kier alpha value is -1.29. The van der Waals surface area contributed by atoms with Crippen molar-refractivity contribution >= 4 is 21.9 Å². The van der Waals surface area contributed by atoms with Crippen molar-refractivity contribution in [3.8, 4) is 5.75 Å². The summed E-state index contributed by atoms with van der Waals surface area (Å²) in [5.74, 6) is 0.470. The van der Waals surface area contributed by atoms with Gasteiger partial charge in [-0.2, -0.15) is 0 Å². The molecule has 0 bridgehead atoms. The number of carbonyl (C=O) groups excluding carboxylic acids is 1. The summed E-state index contributed by atoms with van der Waals surface area (Å²) in [4.78, 5) is 11.5. The fraction of sp³-hybridized carbons (Fsp3) is 0.400. The van der Waals surface area contributed by atoms with Crippen molar-refractivity contribution in [3.05, 3.63) is 40.4 Å². The smallest absolute Gasteiger partial charge is 0.338 e. The van der Waals surface area contributed by atoms with Crippen LogP contribution in [0.15, 0.2) is 34.8 Å². The van der Waals surface area contributed by atoms with Gasteiger partial charge in [0.05, 0.1) is 12.2 Å². The maximum absolute atomic E-state index is 11.5. The van der Waals surface area contributed by atoms with Gasteiger partial charge in [0.1, 0.15) is 11.9 Å². The molecule has 0 aromatic heterocycles. The summed E-state index contributed by atoms with van der Waals surface area (Å²) in [6, 6.07) is 7.07. The molecule has 0 aliphatic heterocycles. The molecule has 0 amide bonds. The van der Waals surface area contributed by atoms with Crippen molar-refractivity contribution in [1.29, 1.82) is 0 Å². The van der Waals surface area contributed by atoms with Gasteiger partial charge in [-0.05, 0) is 50.5 Å². The summed E-state index contributed by atoms with van der Waals surface area (Å²) in [7, 11) is 0. The van der Waals surface area contributed by atoms with E-state index in [0.717, 1.165) is 29.5 Å². The first kappa shape index (κ1) is 14.1. The summed E-state index contributed by atoms with van der Waals surface area (Å²) in [5, 5.41) is 0. The molecule has 0 radical (unpaired) electrons. The van der Waals surface area contributed by atoms with Crippen LogP contribution in [-0.2, 0) is 4.74 Å². The zero-order chi connectivity index (χ0) is 13.7. The minimum Gasteiger partial charge on any atom is -0.485 e. The number of esters is 1. The van der Waals surface area contributed by atoms with E-state index >= 15 is 0 Å². The molecule has 1 atom stereocenters. The predicted molar refractivity (Wildman–Crippen MR) is 77.7 cm³/mol. The second-order valence-corrected chi connectivity index (χ2v) is 5.29. The zero-order valence-electron chi connectivity index (χ0n) is 10.9. The number of allylic oxidation sites excluding steroid dienone is 1. The van der Waals surface area contributed by atoms with E-state index in [0.29, 0.717) is 12.2 Å². The van der Waals surface area contributed by atoms with E-state index in [1.54, 1.807) is 31.2 Å². The summed E-state index contributed by atoms with van der Waals surface area (Å²) in [6.07, 6.45) is 5.49. The van der Waals surface area contributed by atoms with E-state index < -0.39 is 0 Å². The summed E-state index contributed by atoms with van der Waals surface area (Å²) < 4.78 is 11.9. The normalized spacial score (nSPS) is 18.6. The number of hydrogen-bond acceptors (Lipinski definition) is 3. The highest BCUT2D eigenvalue weighted by molar-refractivity contribution is 9.11. The third kappa shape index (κ3) is 3.83. The van der Waals surface area contributed by atoms with Crippen molar-refractivity contribution in [3.63, 3.8) is 0 Å². The van der Waals surface area contributed by atoms with Crippen LogP contribution in [0.2, 0.25) is 0 Å². The Morgan fingerprint density at radius 2 is 2.11 bits per heavy atom. The van der Waals surface area contributed by atoms with Crippen LogP contribution in [0.3, 0.4) is 0 Å². The molecule has 1 aromatic carbocycles. The molecule has 1 aliphatic rings. The van der Waals surface area contributed by atoms with E-state index in [1.807, 2.05) is 0 Å². The van der Waals surface area contributed by atoms with Crippen LogP contribution in [-0.4, -0.2) is 18.7 Å². The van der Waals surface area contributed by atoms with Gasteiger partial charge in [0.15, 0.2) is 0 Å². The van der Waals surface area contributed by atoms with Crippen LogP contribution >= 0.6 is 15.9 Å². The van der Waals surface area contributed by atoms with E-state index in [2.05, 4.69) is 22.0 Å². The quantitative estimate of drug-likeness (QED) is 0.783. The monoisotopic (exact) mass is 324 g/mol. The Morgan fingerprint density at radius 1 is 1.37 bits per heavy atom. The molecule has 0 heterocycles. The van der Waals surface area contributed by atoms with Gasteiger partial charge in [0.25, 0.3) is 0 Å². The molecule has 0 fully saturated rings. The van der Waals surface area contributed by atoms with Crippen LogP contribution in [0.4, 0.5) is 0 Å². The Bertz CT molecular complexity index is 465. The third-order valence-corrected chi connectivity index (χ3v) is 3.80. The molecule has 1 unspecified atom stereocenters. The minimum absolute atomic E-state index is 0.0854. The summed E-state index contributed by atoms with van der Waals surface area (Å²) in [5.41, 5.74) is 0.549. The molecule has 4 heteroatoms. The molecule has 0 saturated heterocycles. The van der Waals surface area contributed by atoms with E-state index in [4.69, 9.17) is 9.47 Å². The van der Waals surface area contributed by atoms with E-state index in [9.17, 15) is 4.79 Å². The first-order chi connectivity index (χ1) is 9.20. The highest BCUT2D eigenvalue weighted by Gasteiger charge is 2.17. The highest BCUT2D eigenvalue weighted by atomic mass is 79.9. The van der Waals surface area contributed by atoms with Crippen molar-refractivity contribution in [2.24, 2.45) is 0 Å². The number of halogens is 1. The standard InChI is InChI=1S/C15H17BrO3/c1-2-18-15(17)11-7-9-12(10-8-11)19-14-6-4-3-5-13(14)16/h5,7-10,14H,2-4,6H2,1H3. The lowest BCUT2D eigenvalue weighted by molar-refractivity contribution is 0.0526. The van der Waals surface area contributed by atoms with Gasteiger partial charge in [-0.3, -0.25) is 0 Å². The predicted octanol–water partition coefficient (Wildman–Crippen LogP) is 4.07. The molecular formula is C15H17BrO3. The molecule has 0 N–H and O–H groups in total. The van der Waals surface area contributed by atoms with Gasteiger partial charge in [0, 0.05) is 4.48 Å². The SMILES string of the molecule is CCOC(=O)c1ccc(OC2CCCC=C2Br)cc1. The number of carbonyl (C=O) groups is 1. The number of rotatable bonds is 4. The van der Waals surface area contributed by atoms with Gasteiger partial charge < -0.3 is 9.47 Å². The fourth-order valence-corrected chi connectivity index (χ4v) is 2.53. The lowest BCUT2D eigenvalue weighted by atomic mass is 10.1. The van der Waals surface area contributed by atoms with Gasteiger partial charge in [0.2, 0.25) is 0 Å². The van der Waals surface area contributed by atoms with Gasteiger partial charge in [-0.1, -0.05) is 22.0 Å². The first-order valence-electron chi connectivity index (χ1n) is 6.50. The Balaban J connectivity index is 2.00. The molecular weight excluding hydrogens is 308 g/mol. The molecule has 2 rings (SSSR count).